The maximum absolute atomic E-state index is 11.3. The Bertz CT molecular complexity index is 605. The average Bonchev–Trinajstić information content (AvgIpc) is 2.94. The lowest BCUT2D eigenvalue weighted by molar-refractivity contribution is 0.112. The summed E-state index contributed by atoms with van der Waals surface area (Å²) in [6, 6.07) is 5.39. The van der Waals surface area contributed by atoms with Crippen molar-refractivity contribution in [3.05, 3.63) is 30.0 Å². The quantitative estimate of drug-likeness (QED) is 0.760. The third-order valence-electron chi connectivity index (χ3n) is 3.11. The lowest BCUT2D eigenvalue weighted by Gasteiger charge is -2.13. The maximum Gasteiger partial charge on any atom is 0.161 e. The van der Waals surface area contributed by atoms with Gasteiger partial charge < -0.3 is 9.47 Å². The van der Waals surface area contributed by atoms with Crippen molar-refractivity contribution in [2.45, 2.75) is 19.9 Å². The first-order valence-electron chi connectivity index (χ1n) is 6.48. The van der Waals surface area contributed by atoms with Crippen LogP contribution in [0.15, 0.2) is 24.4 Å². The third kappa shape index (κ3) is 2.52. The molecule has 1 aromatic carbocycles. The van der Waals surface area contributed by atoms with Gasteiger partial charge in [-0.25, -0.2) is 0 Å². The van der Waals surface area contributed by atoms with Crippen molar-refractivity contribution in [3.63, 3.8) is 0 Å². The van der Waals surface area contributed by atoms with Crippen LogP contribution in [0.2, 0.25) is 0 Å². The van der Waals surface area contributed by atoms with Crippen molar-refractivity contribution in [1.29, 1.82) is 0 Å². The highest BCUT2D eigenvalue weighted by Crippen LogP contribution is 2.35. The van der Waals surface area contributed by atoms with Gasteiger partial charge in [0.15, 0.2) is 17.8 Å². The summed E-state index contributed by atoms with van der Waals surface area (Å²) >= 11 is 0. The van der Waals surface area contributed by atoms with E-state index in [1.54, 1.807) is 26.5 Å². The number of aldehydes is 1. The summed E-state index contributed by atoms with van der Waals surface area (Å²) in [6.07, 6.45) is 3.52. The third-order valence-corrected chi connectivity index (χ3v) is 3.11. The monoisotopic (exact) mass is 274 g/mol. The summed E-state index contributed by atoms with van der Waals surface area (Å²) in [4.78, 5) is 11.3. The number of hydrogen-bond donors (Lipinski definition) is 0. The molecule has 2 rings (SSSR count). The SMILES string of the molecule is CCCn1nccc1-c1cc(OC)c(OC)cc1C=O. The van der Waals surface area contributed by atoms with Crippen molar-refractivity contribution in [2.24, 2.45) is 0 Å². The molecule has 0 aliphatic carbocycles. The van der Waals surface area contributed by atoms with Crippen molar-refractivity contribution >= 4 is 6.29 Å². The van der Waals surface area contributed by atoms with Crippen LogP contribution in [-0.2, 0) is 6.54 Å². The summed E-state index contributed by atoms with van der Waals surface area (Å²) in [7, 11) is 3.12. The van der Waals surface area contributed by atoms with Crippen molar-refractivity contribution in [2.75, 3.05) is 14.2 Å². The molecule has 1 heterocycles. The lowest BCUT2D eigenvalue weighted by atomic mass is 10.0. The van der Waals surface area contributed by atoms with E-state index in [1.807, 2.05) is 16.8 Å². The van der Waals surface area contributed by atoms with Gasteiger partial charge in [0.2, 0.25) is 0 Å². The average molecular weight is 274 g/mol. The number of benzene rings is 1. The van der Waals surface area contributed by atoms with Crippen molar-refractivity contribution in [1.82, 2.24) is 9.78 Å². The van der Waals surface area contributed by atoms with Gasteiger partial charge in [0.25, 0.3) is 0 Å². The van der Waals surface area contributed by atoms with E-state index in [-0.39, 0.29) is 0 Å². The number of hydrogen-bond acceptors (Lipinski definition) is 4. The number of nitrogens with zero attached hydrogens (tertiary/aromatic N) is 2. The molecule has 0 bridgehead atoms. The standard InChI is InChI=1S/C15H18N2O3/c1-4-7-17-13(5-6-16-17)12-9-15(20-3)14(19-2)8-11(12)10-18/h5-6,8-10H,4,7H2,1-3H3. The van der Waals surface area contributed by atoms with E-state index in [0.29, 0.717) is 17.1 Å². The first kappa shape index (κ1) is 14.1. The van der Waals surface area contributed by atoms with Gasteiger partial charge in [-0.05, 0) is 24.6 Å². The van der Waals surface area contributed by atoms with E-state index in [9.17, 15) is 4.79 Å². The fourth-order valence-electron chi connectivity index (χ4n) is 2.17. The molecular formula is C15H18N2O3. The predicted molar refractivity (Wildman–Crippen MR) is 76.4 cm³/mol. The molecule has 2 aromatic rings. The van der Waals surface area contributed by atoms with Crippen LogP contribution in [0.5, 0.6) is 11.5 Å². The number of aryl methyl sites for hydroxylation is 1. The molecule has 0 unspecified atom stereocenters. The largest absolute Gasteiger partial charge is 0.493 e. The molecule has 0 amide bonds. The van der Waals surface area contributed by atoms with Crippen LogP contribution in [0.1, 0.15) is 23.7 Å². The molecule has 0 aliphatic heterocycles. The minimum atomic E-state index is 0.542. The molecule has 0 radical (unpaired) electrons. The highest BCUT2D eigenvalue weighted by Gasteiger charge is 2.15. The molecule has 1 aromatic heterocycles. The van der Waals surface area contributed by atoms with Gasteiger partial charge in [0.05, 0.1) is 19.9 Å². The van der Waals surface area contributed by atoms with Crippen LogP contribution < -0.4 is 9.47 Å². The van der Waals surface area contributed by atoms with Crippen molar-refractivity contribution in [3.8, 4) is 22.8 Å². The van der Waals surface area contributed by atoms with E-state index in [1.165, 1.54) is 0 Å². The number of methoxy groups -OCH3 is 2. The normalized spacial score (nSPS) is 10.3. The molecule has 0 saturated carbocycles. The number of carbonyl (C=O) groups excluding carboxylic acids is 1. The smallest absolute Gasteiger partial charge is 0.161 e. The molecule has 0 spiro atoms. The van der Waals surface area contributed by atoms with E-state index in [2.05, 4.69) is 12.0 Å². The van der Waals surface area contributed by atoms with E-state index in [0.717, 1.165) is 30.5 Å². The summed E-state index contributed by atoms with van der Waals surface area (Å²) in [5, 5.41) is 4.28. The molecule has 20 heavy (non-hydrogen) atoms. The van der Waals surface area contributed by atoms with Gasteiger partial charge in [-0.3, -0.25) is 9.48 Å². The second-order valence-electron chi connectivity index (χ2n) is 4.35. The van der Waals surface area contributed by atoms with E-state index < -0.39 is 0 Å². The minimum absolute atomic E-state index is 0.542. The van der Waals surface area contributed by atoms with Gasteiger partial charge >= 0.3 is 0 Å². The van der Waals surface area contributed by atoms with Crippen molar-refractivity contribution < 1.29 is 14.3 Å². The Balaban J connectivity index is 2.59. The van der Waals surface area contributed by atoms with Crippen LogP contribution in [0.3, 0.4) is 0 Å². The Morgan fingerprint density at radius 3 is 2.55 bits per heavy atom. The highest BCUT2D eigenvalue weighted by molar-refractivity contribution is 5.88. The zero-order valence-electron chi connectivity index (χ0n) is 11.9. The Labute approximate surface area is 118 Å². The minimum Gasteiger partial charge on any atom is -0.493 e. The number of rotatable bonds is 6. The maximum atomic E-state index is 11.3. The molecule has 0 atom stereocenters. The van der Waals surface area contributed by atoms with Crippen LogP contribution in [0.4, 0.5) is 0 Å². The van der Waals surface area contributed by atoms with E-state index in [4.69, 9.17) is 9.47 Å². The molecule has 0 aliphatic rings. The fraction of sp³-hybridized carbons (Fsp3) is 0.333. The molecule has 5 heteroatoms. The topological polar surface area (TPSA) is 53.4 Å². The Kier molecular flexibility index (Phi) is 4.40. The second kappa shape index (κ2) is 6.23. The molecule has 0 fully saturated rings. The Morgan fingerprint density at radius 2 is 1.95 bits per heavy atom. The number of carbonyl (C=O) groups is 1. The zero-order chi connectivity index (χ0) is 14.5. The lowest BCUT2D eigenvalue weighted by Crippen LogP contribution is -2.03. The van der Waals surface area contributed by atoms with Crippen LogP contribution in [-0.4, -0.2) is 30.3 Å². The predicted octanol–water partition coefficient (Wildman–Crippen LogP) is 2.79. The van der Waals surface area contributed by atoms with Gasteiger partial charge in [-0.2, -0.15) is 5.10 Å². The number of ether oxygens (including phenoxy) is 2. The van der Waals surface area contributed by atoms with Gasteiger partial charge in [-0.15, -0.1) is 0 Å². The first-order valence-corrected chi connectivity index (χ1v) is 6.48. The van der Waals surface area contributed by atoms with Gasteiger partial charge in [-0.1, -0.05) is 6.92 Å². The molecule has 106 valence electrons. The second-order valence-corrected chi connectivity index (χ2v) is 4.35. The zero-order valence-corrected chi connectivity index (χ0v) is 11.9. The highest BCUT2D eigenvalue weighted by atomic mass is 16.5. The first-order chi connectivity index (χ1) is 9.74. The van der Waals surface area contributed by atoms with Crippen LogP contribution in [0.25, 0.3) is 11.3 Å². The summed E-state index contributed by atoms with van der Waals surface area (Å²) in [6.45, 7) is 2.88. The summed E-state index contributed by atoms with van der Waals surface area (Å²) in [5.74, 6) is 1.14. The molecule has 0 N–H and O–H groups in total. The Hall–Kier alpha value is -2.30. The van der Waals surface area contributed by atoms with E-state index >= 15 is 0 Å². The molecule has 5 nitrogen and oxygen atoms in total. The summed E-state index contributed by atoms with van der Waals surface area (Å²) in [5.41, 5.74) is 2.25. The Morgan fingerprint density at radius 1 is 1.25 bits per heavy atom. The number of aromatic nitrogens is 2. The molecule has 0 saturated heterocycles. The van der Waals surface area contributed by atoms with Crippen LogP contribution in [0, 0.1) is 0 Å². The summed E-state index contributed by atoms with van der Waals surface area (Å²) < 4.78 is 12.4. The molecular weight excluding hydrogens is 256 g/mol. The fourth-order valence-corrected chi connectivity index (χ4v) is 2.17. The van der Waals surface area contributed by atoms with Gasteiger partial charge in [0.1, 0.15) is 0 Å². The van der Waals surface area contributed by atoms with Crippen LogP contribution >= 0.6 is 0 Å². The van der Waals surface area contributed by atoms with Gasteiger partial charge in [0, 0.05) is 23.9 Å².